The van der Waals surface area contributed by atoms with Gasteiger partial charge in [0.1, 0.15) is 11.6 Å². The highest BCUT2D eigenvalue weighted by Crippen LogP contribution is 2.42. The van der Waals surface area contributed by atoms with E-state index >= 15 is 0 Å². The molecule has 1 spiro atoms. The zero-order valence-corrected chi connectivity index (χ0v) is 10.1. The fourth-order valence-electron chi connectivity index (χ4n) is 2.83. The molecule has 2 saturated heterocycles. The molecule has 4 nitrogen and oxygen atoms in total. The van der Waals surface area contributed by atoms with Crippen LogP contribution in [0.5, 0.6) is 0 Å². The molecule has 0 saturated carbocycles. The minimum Gasteiger partial charge on any atom is -0.381 e. The molecular formula is C13H15FN2O2. The van der Waals surface area contributed by atoms with Gasteiger partial charge < -0.3 is 9.64 Å². The average Bonchev–Trinajstić information content (AvgIpc) is 2.37. The highest BCUT2D eigenvalue weighted by Gasteiger charge is 2.44. The maximum absolute atomic E-state index is 13.0. The lowest BCUT2D eigenvalue weighted by Crippen LogP contribution is -2.59. The first-order valence-electron chi connectivity index (χ1n) is 6.16. The molecule has 0 bridgehead atoms. The van der Waals surface area contributed by atoms with Crippen LogP contribution in [0.25, 0.3) is 0 Å². The molecule has 2 aliphatic heterocycles. The maximum atomic E-state index is 13.0. The van der Waals surface area contributed by atoms with E-state index in [0.29, 0.717) is 23.1 Å². The number of ether oxygens (including phenoxy) is 1. The zero-order valence-electron chi connectivity index (χ0n) is 10.1. The Morgan fingerprint density at radius 1 is 1.39 bits per heavy atom. The monoisotopic (exact) mass is 250 g/mol. The summed E-state index contributed by atoms with van der Waals surface area (Å²) in [4.78, 5) is 17.0. The van der Waals surface area contributed by atoms with E-state index in [0.717, 1.165) is 45.3 Å². The summed E-state index contributed by atoms with van der Waals surface area (Å²) in [7, 11) is 0. The van der Waals surface area contributed by atoms with E-state index in [1.54, 1.807) is 0 Å². The van der Waals surface area contributed by atoms with Crippen LogP contribution in [0.2, 0.25) is 0 Å². The molecule has 0 amide bonds. The van der Waals surface area contributed by atoms with Crippen molar-refractivity contribution >= 4 is 12.1 Å². The first kappa shape index (κ1) is 11.6. The topological polar surface area (TPSA) is 42.4 Å². The van der Waals surface area contributed by atoms with E-state index in [1.807, 2.05) is 0 Å². The van der Waals surface area contributed by atoms with E-state index in [-0.39, 0.29) is 0 Å². The highest BCUT2D eigenvalue weighted by atomic mass is 19.1. The van der Waals surface area contributed by atoms with Gasteiger partial charge in [-0.1, -0.05) is 0 Å². The Morgan fingerprint density at radius 3 is 2.78 bits per heavy atom. The van der Waals surface area contributed by atoms with Crippen LogP contribution in [0.4, 0.5) is 10.2 Å². The van der Waals surface area contributed by atoms with E-state index in [4.69, 9.17) is 4.74 Å². The lowest BCUT2D eigenvalue weighted by molar-refractivity contribution is -0.000500. The van der Waals surface area contributed by atoms with Gasteiger partial charge in [-0.25, -0.2) is 9.37 Å². The first-order valence-corrected chi connectivity index (χ1v) is 6.16. The number of nitrogens with zero attached hydrogens (tertiary/aromatic N) is 2. The Bertz CT molecular complexity index is 464. The number of halogens is 1. The molecule has 0 aromatic carbocycles. The van der Waals surface area contributed by atoms with Gasteiger partial charge in [0, 0.05) is 31.7 Å². The van der Waals surface area contributed by atoms with Gasteiger partial charge in [-0.3, -0.25) is 4.79 Å². The molecule has 0 atom stereocenters. The van der Waals surface area contributed by atoms with E-state index in [2.05, 4.69) is 9.88 Å². The second-order valence-electron chi connectivity index (χ2n) is 5.15. The number of hydrogen-bond donors (Lipinski definition) is 0. The number of carbonyl (C=O) groups excluding carboxylic acids is 1. The number of aromatic nitrogens is 1. The van der Waals surface area contributed by atoms with Gasteiger partial charge >= 0.3 is 0 Å². The molecule has 0 unspecified atom stereocenters. The summed E-state index contributed by atoms with van der Waals surface area (Å²) in [6, 6.07) is 1.24. The minimum absolute atomic E-state index is 0.314. The van der Waals surface area contributed by atoms with Crippen molar-refractivity contribution in [3.8, 4) is 0 Å². The molecule has 18 heavy (non-hydrogen) atoms. The number of anilines is 1. The van der Waals surface area contributed by atoms with E-state index in [9.17, 15) is 9.18 Å². The maximum Gasteiger partial charge on any atom is 0.153 e. The van der Waals surface area contributed by atoms with Crippen LogP contribution in [0, 0.1) is 11.2 Å². The molecule has 0 aliphatic carbocycles. The number of rotatable bonds is 2. The lowest BCUT2D eigenvalue weighted by atomic mass is 9.73. The summed E-state index contributed by atoms with van der Waals surface area (Å²) >= 11 is 0. The number of aldehydes is 1. The Morgan fingerprint density at radius 2 is 2.11 bits per heavy atom. The molecular weight excluding hydrogens is 235 g/mol. The van der Waals surface area contributed by atoms with Crippen LogP contribution in [0.3, 0.4) is 0 Å². The smallest absolute Gasteiger partial charge is 0.153 e. The fourth-order valence-corrected chi connectivity index (χ4v) is 2.83. The molecule has 0 N–H and O–H groups in total. The van der Waals surface area contributed by atoms with Gasteiger partial charge in [0.15, 0.2) is 6.29 Å². The van der Waals surface area contributed by atoms with Crippen molar-refractivity contribution < 1.29 is 13.9 Å². The molecule has 2 fully saturated rings. The van der Waals surface area contributed by atoms with E-state index in [1.165, 1.54) is 6.07 Å². The van der Waals surface area contributed by atoms with Gasteiger partial charge in [-0.2, -0.15) is 0 Å². The lowest BCUT2D eigenvalue weighted by Gasteiger charge is -2.52. The highest BCUT2D eigenvalue weighted by molar-refractivity contribution is 5.83. The Labute approximate surface area is 105 Å². The van der Waals surface area contributed by atoms with Crippen molar-refractivity contribution in [3.05, 3.63) is 23.6 Å². The Balaban J connectivity index is 1.76. The summed E-state index contributed by atoms with van der Waals surface area (Å²) in [5, 5.41) is 0. The van der Waals surface area contributed by atoms with Crippen molar-refractivity contribution in [1.29, 1.82) is 0 Å². The predicted molar refractivity (Wildman–Crippen MR) is 64.3 cm³/mol. The van der Waals surface area contributed by atoms with Gasteiger partial charge in [0.05, 0.1) is 11.8 Å². The Kier molecular flexibility index (Phi) is 2.78. The van der Waals surface area contributed by atoms with Crippen LogP contribution in [-0.4, -0.2) is 37.6 Å². The van der Waals surface area contributed by atoms with Gasteiger partial charge in [-0.15, -0.1) is 0 Å². The van der Waals surface area contributed by atoms with Gasteiger partial charge in [-0.05, 0) is 18.9 Å². The third kappa shape index (κ3) is 1.88. The molecule has 5 heteroatoms. The Hall–Kier alpha value is -1.49. The zero-order chi connectivity index (χ0) is 12.6. The van der Waals surface area contributed by atoms with Crippen molar-refractivity contribution in [1.82, 2.24) is 4.98 Å². The van der Waals surface area contributed by atoms with Crippen molar-refractivity contribution in [2.75, 3.05) is 31.2 Å². The molecule has 3 heterocycles. The minimum atomic E-state index is -0.470. The summed E-state index contributed by atoms with van der Waals surface area (Å²) in [5.41, 5.74) is 0.644. The molecule has 96 valence electrons. The number of carbonyl (C=O) groups is 1. The van der Waals surface area contributed by atoms with Crippen LogP contribution in [0.1, 0.15) is 23.2 Å². The average molecular weight is 250 g/mol. The first-order chi connectivity index (χ1) is 8.72. The molecule has 0 radical (unpaired) electrons. The van der Waals surface area contributed by atoms with Crippen LogP contribution >= 0.6 is 0 Å². The second-order valence-corrected chi connectivity index (χ2v) is 5.15. The molecule has 2 aliphatic rings. The summed E-state index contributed by atoms with van der Waals surface area (Å²) in [5.74, 6) is 0.130. The molecule has 3 rings (SSSR count). The van der Waals surface area contributed by atoms with E-state index < -0.39 is 5.82 Å². The quantitative estimate of drug-likeness (QED) is 0.748. The van der Waals surface area contributed by atoms with Gasteiger partial charge in [0.2, 0.25) is 0 Å². The standard InChI is InChI=1S/C13H15FN2O2/c14-11-5-10(7-17)12(15-6-11)16-8-13(9-16)1-3-18-4-2-13/h5-7H,1-4,8-9H2. The summed E-state index contributed by atoms with van der Waals surface area (Å²) < 4.78 is 18.4. The van der Waals surface area contributed by atoms with Crippen LogP contribution < -0.4 is 4.90 Å². The second kappa shape index (κ2) is 4.31. The largest absolute Gasteiger partial charge is 0.381 e. The van der Waals surface area contributed by atoms with Crippen LogP contribution in [-0.2, 0) is 4.74 Å². The van der Waals surface area contributed by atoms with Crippen molar-refractivity contribution in [2.24, 2.45) is 5.41 Å². The summed E-state index contributed by atoms with van der Waals surface area (Å²) in [6.45, 7) is 3.39. The van der Waals surface area contributed by atoms with Crippen molar-refractivity contribution in [3.63, 3.8) is 0 Å². The van der Waals surface area contributed by atoms with Crippen molar-refractivity contribution in [2.45, 2.75) is 12.8 Å². The predicted octanol–water partition coefficient (Wildman–Crippen LogP) is 1.65. The van der Waals surface area contributed by atoms with Crippen LogP contribution in [0.15, 0.2) is 12.3 Å². The number of hydrogen-bond acceptors (Lipinski definition) is 4. The summed E-state index contributed by atoms with van der Waals surface area (Å²) in [6.07, 6.45) is 3.94. The fraction of sp³-hybridized carbons (Fsp3) is 0.538. The third-order valence-electron chi connectivity index (χ3n) is 3.89. The SMILES string of the molecule is O=Cc1cc(F)cnc1N1CC2(CCOCC2)C1. The molecule has 1 aromatic heterocycles. The molecule has 1 aromatic rings. The normalized spacial score (nSPS) is 21.7. The van der Waals surface area contributed by atoms with Gasteiger partial charge in [0.25, 0.3) is 0 Å². The third-order valence-corrected chi connectivity index (χ3v) is 3.89. The number of pyridine rings is 1.